The summed E-state index contributed by atoms with van der Waals surface area (Å²) in [7, 11) is 1.56. The Morgan fingerprint density at radius 1 is 1.43 bits per heavy atom. The molecule has 1 aromatic carbocycles. The predicted octanol–water partition coefficient (Wildman–Crippen LogP) is 1.57. The minimum atomic E-state index is -0.479. The second-order valence-electron chi connectivity index (χ2n) is 4.99. The van der Waals surface area contributed by atoms with E-state index in [1.807, 2.05) is 18.0 Å². The van der Waals surface area contributed by atoms with Gasteiger partial charge in [0.2, 0.25) is 5.91 Å². The molecule has 1 amide bonds. The van der Waals surface area contributed by atoms with Crippen LogP contribution < -0.4 is 15.9 Å². The monoisotopic (exact) mass is 291 g/mol. The van der Waals surface area contributed by atoms with Crippen LogP contribution in [0.4, 0.5) is 5.69 Å². The van der Waals surface area contributed by atoms with E-state index in [2.05, 4.69) is 5.43 Å². The number of nitrogens with zero attached hydrogens (tertiary/aromatic N) is 1. The number of nitrogens with one attached hydrogen (secondary N) is 1. The van der Waals surface area contributed by atoms with Crippen molar-refractivity contribution in [3.8, 4) is 5.75 Å². The summed E-state index contributed by atoms with van der Waals surface area (Å²) in [6.07, 6.45) is 3.63. The number of fused-ring (bicyclic) bond motifs is 1. The Bertz CT molecular complexity index is 570. The molecule has 6 heteroatoms. The lowest BCUT2D eigenvalue weighted by molar-refractivity contribution is 0.1000. The van der Waals surface area contributed by atoms with Gasteiger partial charge < -0.3 is 15.6 Å². The van der Waals surface area contributed by atoms with Gasteiger partial charge in [-0.25, -0.2) is 0 Å². The van der Waals surface area contributed by atoms with Crippen LogP contribution in [0.25, 0.3) is 6.08 Å². The third kappa shape index (κ3) is 3.28. The molecule has 0 saturated heterocycles. The minimum absolute atomic E-state index is 0.193. The van der Waals surface area contributed by atoms with E-state index in [0.29, 0.717) is 11.3 Å². The van der Waals surface area contributed by atoms with E-state index in [1.54, 1.807) is 19.2 Å². The molecule has 1 aliphatic heterocycles. The Kier molecular flexibility index (Phi) is 4.70. The average molecular weight is 291 g/mol. The molecule has 1 heterocycles. The van der Waals surface area contributed by atoms with Crippen LogP contribution in [0.1, 0.15) is 35.7 Å². The maximum Gasteiger partial charge on any atom is 0.248 e. The van der Waals surface area contributed by atoms with Gasteiger partial charge in [0.05, 0.1) is 7.11 Å². The highest BCUT2D eigenvalue weighted by molar-refractivity contribution is 5.95. The molecule has 0 aromatic heterocycles. The van der Waals surface area contributed by atoms with Gasteiger partial charge in [-0.05, 0) is 38.0 Å². The number of hydrazine groups is 1. The van der Waals surface area contributed by atoms with Gasteiger partial charge in [-0.15, -0.1) is 0 Å². The zero-order chi connectivity index (χ0) is 15.4. The third-order valence-corrected chi connectivity index (χ3v) is 3.46. The highest BCUT2D eigenvalue weighted by Gasteiger charge is 2.20. The van der Waals surface area contributed by atoms with Crippen molar-refractivity contribution in [3.05, 3.63) is 29.0 Å². The summed E-state index contributed by atoms with van der Waals surface area (Å²) < 4.78 is 5.35. The number of aliphatic hydroxyl groups excluding tert-OH is 1. The molecule has 0 atom stereocenters. The molecule has 21 heavy (non-hydrogen) atoms. The number of aliphatic hydroxyl groups is 1. The van der Waals surface area contributed by atoms with Crippen LogP contribution in [0.5, 0.6) is 5.75 Å². The largest absolute Gasteiger partial charge is 0.494 e. The zero-order valence-electron chi connectivity index (χ0n) is 12.3. The molecule has 0 bridgehead atoms. The number of rotatable bonds is 6. The van der Waals surface area contributed by atoms with Crippen molar-refractivity contribution in [2.45, 2.75) is 19.8 Å². The Balaban J connectivity index is 2.31. The second-order valence-corrected chi connectivity index (χ2v) is 4.99. The summed E-state index contributed by atoms with van der Waals surface area (Å²) in [4.78, 5) is 11.4. The number of hydrogen-bond donors (Lipinski definition) is 3. The van der Waals surface area contributed by atoms with Gasteiger partial charge in [0, 0.05) is 30.0 Å². The van der Waals surface area contributed by atoms with E-state index < -0.39 is 5.91 Å². The van der Waals surface area contributed by atoms with Crippen molar-refractivity contribution in [1.29, 1.82) is 0 Å². The normalized spacial score (nSPS) is 13.3. The van der Waals surface area contributed by atoms with Crippen LogP contribution >= 0.6 is 0 Å². The Labute approximate surface area is 124 Å². The highest BCUT2D eigenvalue weighted by Crippen LogP contribution is 2.35. The van der Waals surface area contributed by atoms with Crippen molar-refractivity contribution >= 4 is 17.7 Å². The van der Waals surface area contributed by atoms with Gasteiger partial charge >= 0.3 is 0 Å². The number of amides is 1. The topological polar surface area (TPSA) is 87.8 Å². The minimum Gasteiger partial charge on any atom is -0.494 e. The van der Waals surface area contributed by atoms with Gasteiger partial charge in [-0.1, -0.05) is 0 Å². The highest BCUT2D eigenvalue weighted by atomic mass is 16.5. The molecular weight excluding hydrogens is 270 g/mol. The van der Waals surface area contributed by atoms with Crippen molar-refractivity contribution in [2.24, 2.45) is 5.73 Å². The van der Waals surface area contributed by atoms with Crippen molar-refractivity contribution in [1.82, 2.24) is 5.01 Å². The van der Waals surface area contributed by atoms with Crippen LogP contribution in [0, 0.1) is 0 Å². The van der Waals surface area contributed by atoms with Crippen LogP contribution in [-0.2, 0) is 0 Å². The smallest absolute Gasteiger partial charge is 0.248 e. The van der Waals surface area contributed by atoms with Gasteiger partial charge in [-0.3, -0.25) is 15.2 Å². The summed E-state index contributed by atoms with van der Waals surface area (Å²) in [6, 6.07) is 3.39. The fourth-order valence-corrected chi connectivity index (χ4v) is 2.31. The number of carbonyl (C=O) groups excluding carboxylic acids is 1. The number of anilines is 1. The third-order valence-electron chi connectivity index (χ3n) is 3.46. The Morgan fingerprint density at radius 3 is 2.81 bits per heavy atom. The summed E-state index contributed by atoms with van der Waals surface area (Å²) in [5, 5.41) is 10.9. The van der Waals surface area contributed by atoms with Gasteiger partial charge in [-0.2, -0.15) is 0 Å². The Hall–Kier alpha value is -2.21. The summed E-state index contributed by atoms with van der Waals surface area (Å²) >= 11 is 0. The number of methoxy groups -OCH3 is 1. The molecule has 114 valence electrons. The van der Waals surface area contributed by atoms with E-state index in [1.165, 1.54) is 0 Å². The second kappa shape index (κ2) is 6.49. The summed E-state index contributed by atoms with van der Waals surface area (Å²) in [5.74, 6) is 0.102. The van der Waals surface area contributed by atoms with Crippen LogP contribution in [0.15, 0.2) is 17.8 Å². The lowest BCUT2D eigenvalue weighted by Crippen LogP contribution is -2.32. The maximum absolute atomic E-state index is 11.4. The number of unbranched alkanes of at least 4 members (excludes halogenated alkanes) is 1. The average Bonchev–Trinajstić information content (AvgIpc) is 2.46. The molecule has 6 nitrogen and oxygen atoms in total. The van der Waals surface area contributed by atoms with E-state index >= 15 is 0 Å². The zero-order valence-corrected chi connectivity index (χ0v) is 12.3. The number of primary amides is 1. The number of ether oxygens (including phenoxy) is 1. The fraction of sp³-hybridized carbons (Fsp3) is 0.400. The van der Waals surface area contributed by atoms with Gasteiger partial charge in [0.15, 0.2) is 0 Å². The molecular formula is C15H21N3O3. The van der Waals surface area contributed by atoms with Crippen molar-refractivity contribution < 1.29 is 14.6 Å². The standard InChI is InChI=1S/C15H21N3O3/c1-10-7-11-8-12(15(16)20)9-13(21-2)14(11)17-18(10)5-3-4-6-19/h7-9,17,19H,3-6H2,1-2H3,(H2,16,20). The number of hydrogen-bond acceptors (Lipinski definition) is 5. The first-order valence-electron chi connectivity index (χ1n) is 6.92. The maximum atomic E-state index is 11.4. The van der Waals surface area contributed by atoms with Gasteiger partial charge in [0.1, 0.15) is 11.4 Å². The number of benzene rings is 1. The van der Waals surface area contributed by atoms with Crippen LogP contribution in [-0.4, -0.2) is 36.3 Å². The Morgan fingerprint density at radius 2 is 2.19 bits per heavy atom. The molecule has 0 aliphatic carbocycles. The number of nitrogens with two attached hydrogens (primary N) is 1. The van der Waals surface area contributed by atoms with E-state index in [4.69, 9.17) is 15.6 Å². The molecule has 0 saturated carbocycles. The molecule has 4 N–H and O–H groups in total. The van der Waals surface area contributed by atoms with Crippen LogP contribution in [0.3, 0.4) is 0 Å². The molecule has 1 aromatic rings. The quantitative estimate of drug-likeness (QED) is 0.692. The van der Waals surface area contributed by atoms with E-state index in [0.717, 1.165) is 36.3 Å². The lowest BCUT2D eigenvalue weighted by Gasteiger charge is -2.32. The van der Waals surface area contributed by atoms with E-state index in [-0.39, 0.29) is 6.61 Å². The predicted molar refractivity (Wildman–Crippen MR) is 81.8 cm³/mol. The number of carbonyl (C=O) groups is 1. The molecule has 0 radical (unpaired) electrons. The lowest BCUT2D eigenvalue weighted by atomic mass is 10.0. The first-order chi connectivity index (χ1) is 10.1. The summed E-state index contributed by atoms with van der Waals surface area (Å²) in [6.45, 7) is 2.96. The molecule has 1 aliphatic rings. The fourth-order valence-electron chi connectivity index (χ4n) is 2.31. The van der Waals surface area contributed by atoms with Crippen LogP contribution in [0.2, 0.25) is 0 Å². The van der Waals surface area contributed by atoms with Crippen molar-refractivity contribution in [2.75, 3.05) is 25.7 Å². The van der Waals surface area contributed by atoms with E-state index in [9.17, 15) is 4.79 Å². The molecule has 0 spiro atoms. The van der Waals surface area contributed by atoms with Crippen molar-refractivity contribution in [3.63, 3.8) is 0 Å². The SMILES string of the molecule is COc1cc(C(N)=O)cc2c1NN(CCCCO)C(C)=C2. The number of allylic oxidation sites excluding steroid dienone is 1. The molecule has 0 fully saturated rings. The summed E-state index contributed by atoms with van der Waals surface area (Å²) in [5.41, 5.74) is 11.8. The first-order valence-corrected chi connectivity index (χ1v) is 6.92. The molecule has 2 rings (SSSR count). The molecule has 0 unspecified atom stereocenters. The van der Waals surface area contributed by atoms with Gasteiger partial charge in [0.25, 0.3) is 0 Å². The first kappa shape index (κ1) is 15.2.